The lowest BCUT2D eigenvalue weighted by atomic mass is 9.79. The molecule has 0 aromatic carbocycles. The van der Waals surface area contributed by atoms with Crippen LogP contribution in [0.25, 0.3) is 0 Å². The number of hydrogen-bond donors (Lipinski definition) is 0. The first kappa shape index (κ1) is 16.2. The number of aryl methyl sites for hydroxylation is 1. The summed E-state index contributed by atoms with van der Waals surface area (Å²) in [6.07, 6.45) is 6.54. The van der Waals surface area contributed by atoms with Crippen molar-refractivity contribution in [1.82, 2.24) is 14.7 Å². The summed E-state index contributed by atoms with van der Waals surface area (Å²) < 4.78 is 1.71. The molecule has 1 aromatic rings. The van der Waals surface area contributed by atoms with Crippen molar-refractivity contribution in [2.45, 2.75) is 46.1 Å². The Labute approximate surface area is 121 Å². The lowest BCUT2D eigenvalue weighted by molar-refractivity contribution is -0.139. The first-order chi connectivity index (χ1) is 9.49. The molecular weight excluding hydrogens is 252 g/mol. The summed E-state index contributed by atoms with van der Waals surface area (Å²) in [6, 6.07) is 2.28. The van der Waals surface area contributed by atoms with Crippen LogP contribution in [0.2, 0.25) is 0 Å². The fraction of sp³-hybridized carbons (Fsp3) is 0.667. The zero-order valence-electron chi connectivity index (χ0n) is 12.9. The highest BCUT2D eigenvalue weighted by atomic mass is 16.2. The molecule has 0 atom stereocenters. The number of nitrogens with zero attached hydrogens (tertiary/aromatic N) is 4. The number of carbonyl (C=O) groups is 1. The standard InChI is InChI=1S/C15H24N4O/c1-5-7-15(12-16,8-6-2)14(20)18(3)10-13-9-17-19(4)11-13/h9,11H,5-8,10H2,1-4H3. The molecular formula is C15H24N4O. The van der Waals surface area contributed by atoms with Gasteiger partial charge in [-0.1, -0.05) is 26.7 Å². The van der Waals surface area contributed by atoms with Crippen molar-refractivity contribution in [3.63, 3.8) is 0 Å². The predicted molar refractivity (Wildman–Crippen MR) is 77.5 cm³/mol. The van der Waals surface area contributed by atoms with Crippen LogP contribution in [-0.2, 0) is 18.4 Å². The zero-order chi connectivity index (χ0) is 15.2. The molecule has 1 heterocycles. The number of nitriles is 1. The van der Waals surface area contributed by atoms with Crippen molar-refractivity contribution in [3.05, 3.63) is 18.0 Å². The van der Waals surface area contributed by atoms with E-state index in [1.807, 2.05) is 27.1 Å². The molecule has 0 aliphatic heterocycles. The Morgan fingerprint density at radius 1 is 1.45 bits per heavy atom. The summed E-state index contributed by atoms with van der Waals surface area (Å²) in [7, 11) is 3.60. The maximum Gasteiger partial charge on any atom is 0.243 e. The Morgan fingerprint density at radius 3 is 2.45 bits per heavy atom. The van der Waals surface area contributed by atoms with E-state index in [-0.39, 0.29) is 5.91 Å². The molecule has 0 N–H and O–H groups in total. The number of amides is 1. The van der Waals surface area contributed by atoms with Gasteiger partial charge in [0.25, 0.3) is 0 Å². The largest absolute Gasteiger partial charge is 0.340 e. The quantitative estimate of drug-likeness (QED) is 0.768. The molecule has 0 fully saturated rings. The summed E-state index contributed by atoms with van der Waals surface area (Å²) >= 11 is 0. The molecule has 1 rings (SSSR count). The van der Waals surface area contributed by atoms with E-state index in [4.69, 9.17) is 0 Å². The third-order valence-electron chi connectivity index (χ3n) is 3.50. The van der Waals surface area contributed by atoms with Gasteiger partial charge in [0.2, 0.25) is 5.91 Å². The predicted octanol–water partition coefficient (Wildman–Crippen LogP) is 2.49. The summed E-state index contributed by atoms with van der Waals surface area (Å²) in [5.74, 6) is -0.0763. The van der Waals surface area contributed by atoms with E-state index < -0.39 is 5.41 Å². The fourth-order valence-electron chi connectivity index (χ4n) is 2.62. The number of rotatable bonds is 7. The summed E-state index contributed by atoms with van der Waals surface area (Å²) in [5.41, 5.74) is 0.101. The summed E-state index contributed by atoms with van der Waals surface area (Å²) in [5, 5.41) is 13.6. The highest BCUT2D eigenvalue weighted by Gasteiger charge is 2.39. The lowest BCUT2D eigenvalue weighted by Gasteiger charge is -2.29. The van der Waals surface area contributed by atoms with E-state index in [2.05, 4.69) is 11.2 Å². The molecule has 0 unspecified atom stereocenters. The van der Waals surface area contributed by atoms with Crippen LogP contribution in [-0.4, -0.2) is 27.6 Å². The van der Waals surface area contributed by atoms with Crippen LogP contribution in [0.4, 0.5) is 0 Å². The van der Waals surface area contributed by atoms with Crippen LogP contribution < -0.4 is 0 Å². The van der Waals surface area contributed by atoms with Crippen molar-refractivity contribution in [3.8, 4) is 6.07 Å². The molecule has 5 heteroatoms. The molecule has 5 nitrogen and oxygen atoms in total. The maximum absolute atomic E-state index is 12.7. The van der Waals surface area contributed by atoms with Gasteiger partial charge in [0.05, 0.1) is 12.3 Å². The highest BCUT2D eigenvalue weighted by Crippen LogP contribution is 2.31. The first-order valence-electron chi connectivity index (χ1n) is 7.13. The van der Waals surface area contributed by atoms with Gasteiger partial charge in [0.1, 0.15) is 5.41 Å². The topological polar surface area (TPSA) is 61.9 Å². The van der Waals surface area contributed by atoms with E-state index in [1.54, 1.807) is 22.8 Å². The van der Waals surface area contributed by atoms with Crippen molar-refractivity contribution >= 4 is 5.91 Å². The second-order valence-electron chi connectivity index (χ2n) is 5.38. The SMILES string of the molecule is CCCC(C#N)(CCC)C(=O)N(C)Cc1cnn(C)c1. The molecule has 0 saturated carbocycles. The van der Waals surface area contributed by atoms with Gasteiger partial charge >= 0.3 is 0 Å². The third-order valence-corrected chi connectivity index (χ3v) is 3.50. The van der Waals surface area contributed by atoms with E-state index >= 15 is 0 Å². The Balaban J connectivity index is 2.85. The molecule has 0 bridgehead atoms. The third kappa shape index (κ3) is 3.60. The van der Waals surface area contributed by atoms with Gasteiger partial charge in [0, 0.05) is 32.4 Å². The van der Waals surface area contributed by atoms with E-state index in [0.29, 0.717) is 19.4 Å². The van der Waals surface area contributed by atoms with Crippen LogP contribution in [0.5, 0.6) is 0 Å². The van der Waals surface area contributed by atoms with Crippen LogP contribution in [0.15, 0.2) is 12.4 Å². The molecule has 0 saturated heterocycles. The van der Waals surface area contributed by atoms with E-state index in [9.17, 15) is 10.1 Å². The van der Waals surface area contributed by atoms with Gasteiger partial charge < -0.3 is 4.90 Å². The smallest absolute Gasteiger partial charge is 0.243 e. The number of carbonyl (C=O) groups excluding carboxylic acids is 1. The van der Waals surface area contributed by atoms with Crippen molar-refractivity contribution in [2.24, 2.45) is 12.5 Å². The van der Waals surface area contributed by atoms with Crippen LogP contribution >= 0.6 is 0 Å². The first-order valence-corrected chi connectivity index (χ1v) is 7.13. The Hall–Kier alpha value is -1.83. The van der Waals surface area contributed by atoms with Crippen molar-refractivity contribution in [2.75, 3.05) is 7.05 Å². The summed E-state index contributed by atoms with van der Waals surface area (Å²) in [4.78, 5) is 14.3. The normalized spacial score (nSPS) is 11.2. The molecule has 0 aliphatic rings. The minimum Gasteiger partial charge on any atom is -0.340 e. The molecule has 0 aliphatic carbocycles. The van der Waals surface area contributed by atoms with Gasteiger partial charge in [-0.05, 0) is 12.8 Å². The van der Waals surface area contributed by atoms with Crippen LogP contribution in [0, 0.1) is 16.7 Å². The number of hydrogen-bond acceptors (Lipinski definition) is 3. The molecule has 1 aromatic heterocycles. The molecule has 0 spiro atoms. The van der Waals surface area contributed by atoms with Gasteiger partial charge in [-0.2, -0.15) is 10.4 Å². The average molecular weight is 276 g/mol. The Kier molecular flexibility index (Phi) is 5.75. The molecule has 0 radical (unpaired) electrons. The fourth-order valence-corrected chi connectivity index (χ4v) is 2.62. The van der Waals surface area contributed by atoms with Crippen molar-refractivity contribution in [1.29, 1.82) is 5.26 Å². The number of aromatic nitrogens is 2. The Bertz CT molecular complexity index is 480. The second kappa shape index (κ2) is 7.09. The van der Waals surface area contributed by atoms with Gasteiger partial charge in [-0.3, -0.25) is 9.48 Å². The van der Waals surface area contributed by atoms with Gasteiger partial charge in [-0.25, -0.2) is 0 Å². The molecule has 110 valence electrons. The van der Waals surface area contributed by atoms with E-state index in [1.165, 1.54) is 0 Å². The average Bonchev–Trinajstić information content (AvgIpc) is 2.82. The zero-order valence-corrected chi connectivity index (χ0v) is 12.9. The molecule has 1 amide bonds. The van der Waals surface area contributed by atoms with Crippen molar-refractivity contribution < 1.29 is 4.79 Å². The monoisotopic (exact) mass is 276 g/mol. The van der Waals surface area contributed by atoms with Gasteiger partial charge in [-0.15, -0.1) is 0 Å². The minimum absolute atomic E-state index is 0.0763. The summed E-state index contributed by atoms with van der Waals surface area (Å²) in [6.45, 7) is 4.51. The molecule has 20 heavy (non-hydrogen) atoms. The van der Waals surface area contributed by atoms with E-state index in [0.717, 1.165) is 18.4 Å². The Morgan fingerprint density at radius 2 is 2.05 bits per heavy atom. The second-order valence-corrected chi connectivity index (χ2v) is 5.38. The van der Waals surface area contributed by atoms with Gasteiger partial charge in [0.15, 0.2) is 0 Å². The highest BCUT2D eigenvalue weighted by molar-refractivity contribution is 5.85. The lowest BCUT2D eigenvalue weighted by Crippen LogP contribution is -2.41. The van der Waals surface area contributed by atoms with Crippen LogP contribution in [0.1, 0.15) is 45.1 Å². The minimum atomic E-state index is -0.875. The maximum atomic E-state index is 12.7. The van der Waals surface area contributed by atoms with Crippen LogP contribution in [0.3, 0.4) is 0 Å².